The number of aryl methyl sites for hydroxylation is 2. The SMILES string of the molecule is CCn1nc(C)cc1CC(N)c1cc2ccccc2o1. The number of nitrogens with two attached hydrogens (primary N) is 1. The van der Waals surface area contributed by atoms with Crippen molar-refractivity contribution in [2.24, 2.45) is 5.73 Å². The Morgan fingerprint density at radius 3 is 2.85 bits per heavy atom. The van der Waals surface area contributed by atoms with Gasteiger partial charge in [0, 0.05) is 24.0 Å². The van der Waals surface area contributed by atoms with Crippen molar-refractivity contribution in [3.63, 3.8) is 0 Å². The predicted octanol–water partition coefficient (Wildman–Crippen LogP) is 3.20. The van der Waals surface area contributed by atoms with E-state index in [9.17, 15) is 0 Å². The van der Waals surface area contributed by atoms with Crippen LogP contribution < -0.4 is 5.73 Å². The summed E-state index contributed by atoms with van der Waals surface area (Å²) >= 11 is 0. The van der Waals surface area contributed by atoms with Crippen molar-refractivity contribution >= 4 is 11.0 Å². The van der Waals surface area contributed by atoms with E-state index in [1.165, 1.54) is 0 Å². The average Bonchev–Trinajstić information content (AvgIpc) is 3.01. The third-order valence-electron chi connectivity index (χ3n) is 3.52. The van der Waals surface area contributed by atoms with Crippen LogP contribution in [0.5, 0.6) is 0 Å². The number of hydrogen-bond donors (Lipinski definition) is 1. The molecular formula is C16H19N3O. The van der Waals surface area contributed by atoms with Crippen LogP contribution >= 0.6 is 0 Å². The van der Waals surface area contributed by atoms with Crippen molar-refractivity contribution < 1.29 is 4.42 Å². The lowest BCUT2D eigenvalue weighted by Crippen LogP contribution is -2.15. The molecule has 0 saturated carbocycles. The Morgan fingerprint density at radius 2 is 2.10 bits per heavy atom. The molecule has 0 aliphatic rings. The van der Waals surface area contributed by atoms with Crippen LogP contribution in [0, 0.1) is 6.92 Å². The summed E-state index contributed by atoms with van der Waals surface area (Å²) < 4.78 is 7.83. The molecular weight excluding hydrogens is 250 g/mol. The van der Waals surface area contributed by atoms with Gasteiger partial charge in [-0.2, -0.15) is 5.10 Å². The molecule has 0 fully saturated rings. The summed E-state index contributed by atoms with van der Waals surface area (Å²) in [6.45, 7) is 4.95. The first kappa shape index (κ1) is 12.9. The van der Waals surface area contributed by atoms with Gasteiger partial charge in [0.1, 0.15) is 11.3 Å². The second kappa shape index (κ2) is 5.13. The van der Waals surface area contributed by atoms with E-state index >= 15 is 0 Å². The van der Waals surface area contributed by atoms with Crippen molar-refractivity contribution in [3.8, 4) is 0 Å². The van der Waals surface area contributed by atoms with Gasteiger partial charge in [-0.15, -0.1) is 0 Å². The van der Waals surface area contributed by atoms with Crippen LogP contribution in [0.2, 0.25) is 0 Å². The van der Waals surface area contributed by atoms with Crippen LogP contribution in [-0.4, -0.2) is 9.78 Å². The minimum Gasteiger partial charge on any atom is -0.459 e. The quantitative estimate of drug-likeness (QED) is 0.791. The summed E-state index contributed by atoms with van der Waals surface area (Å²) in [5, 5.41) is 5.54. The van der Waals surface area contributed by atoms with E-state index in [0.29, 0.717) is 0 Å². The molecule has 0 saturated heterocycles. The van der Waals surface area contributed by atoms with Gasteiger partial charge in [-0.1, -0.05) is 18.2 Å². The summed E-state index contributed by atoms with van der Waals surface area (Å²) in [6.07, 6.45) is 0.731. The average molecular weight is 269 g/mol. The molecule has 0 amide bonds. The van der Waals surface area contributed by atoms with E-state index < -0.39 is 0 Å². The standard InChI is InChI=1S/C16H19N3O/c1-3-19-13(8-11(2)18-19)10-14(17)16-9-12-6-4-5-7-15(12)20-16/h4-9,14H,3,10,17H2,1-2H3. The van der Waals surface area contributed by atoms with Crippen LogP contribution in [0.25, 0.3) is 11.0 Å². The Balaban J connectivity index is 1.86. The molecule has 1 atom stereocenters. The van der Waals surface area contributed by atoms with Crippen molar-refractivity contribution in [3.05, 3.63) is 53.5 Å². The zero-order chi connectivity index (χ0) is 14.1. The fourth-order valence-corrected chi connectivity index (χ4v) is 2.55. The van der Waals surface area contributed by atoms with Gasteiger partial charge < -0.3 is 10.2 Å². The van der Waals surface area contributed by atoms with Crippen molar-refractivity contribution in [1.82, 2.24) is 9.78 Å². The summed E-state index contributed by atoms with van der Waals surface area (Å²) in [5.74, 6) is 0.827. The number of hydrogen-bond acceptors (Lipinski definition) is 3. The molecule has 0 bridgehead atoms. The van der Waals surface area contributed by atoms with Gasteiger partial charge in [0.25, 0.3) is 0 Å². The number of para-hydroxylation sites is 1. The van der Waals surface area contributed by atoms with E-state index in [0.717, 1.165) is 41.1 Å². The van der Waals surface area contributed by atoms with Crippen LogP contribution in [-0.2, 0) is 13.0 Å². The minimum atomic E-state index is -0.149. The molecule has 1 unspecified atom stereocenters. The molecule has 4 heteroatoms. The highest BCUT2D eigenvalue weighted by Crippen LogP contribution is 2.24. The van der Waals surface area contributed by atoms with Gasteiger partial charge in [-0.3, -0.25) is 4.68 Å². The van der Waals surface area contributed by atoms with Crippen LogP contribution in [0.1, 0.15) is 30.1 Å². The number of fused-ring (bicyclic) bond motifs is 1. The Bertz CT molecular complexity index is 693. The molecule has 2 heterocycles. The Hall–Kier alpha value is -2.07. The zero-order valence-corrected chi connectivity index (χ0v) is 11.8. The number of furan rings is 1. The van der Waals surface area contributed by atoms with E-state index in [1.54, 1.807) is 0 Å². The highest BCUT2D eigenvalue weighted by atomic mass is 16.3. The van der Waals surface area contributed by atoms with Gasteiger partial charge in [0.05, 0.1) is 11.7 Å². The van der Waals surface area contributed by atoms with E-state index in [-0.39, 0.29) is 6.04 Å². The topological polar surface area (TPSA) is 57.0 Å². The lowest BCUT2D eigenvalue weighted by molar-refractivity contribution is 0.482. The monoisotopic (exact) mass is 269 g/mol. The molecule has 1 aromatic carbocycles. The van der Waals surface area contributed by atoms with E-state index in [1.807, 2.05) is 41.9 Å². The second-order valence-corrected chi connectivity index (χ2v) is 5.09. The number of benzene rings is 1. The Morgan fingerprint density at radius 1 is 1.30 bits per heavy atom. The van der Waals surface area contributed by atoms with Gasteiger partial charge >= 0.3 is 0 Å². The molecule has 104 valence electrons. The summed E-state index contributed by atoms with van der Waals surface area (Å²) in [6, 6.07) is 11.9. The number of nitrogens with zero attached hydrogens (tertiary/aromatic N) is 2. The Labute approximate surface area is 118 Å². The molecule has 3 rings (SSSR count). The zero-order valence-electron chi connectivity index (χ0n) is 11.8. The highest BCUT2D eigenvalue weighted by molar-refractivity contribution is 5.77. The number of rotatable bonds is 4. The molecule has 3 aromatic rings. The molecule has 0 aliphatic carbocycles. The Kier molecular flexibility index (Phi) is 3.32. The van der Waals surface area contributed by atoms with Gasteiger partial charge in [0.15, 0.2) is 0 Å². The molecule has 0 aliphatic heterocycles. The number of aromatic nitrogens is 2. The first-order valence-electron chi connectivity index (χ1n) is 6.94. The van der Waals surface area contributed by atoms with Crippen molar-refractivity contribution in [1.29, 1.82) is 0 Å². The van der Waals surface area contributed by atoms with Crippen LogP contribution in [0.3, 0.4) is 0 Å². The van der Waals surface area contributed by atoms with E-state index in [4.69, 9.17) is 10.2 Å². The van der Waals surface area contributed by atoms with Gasteiger partial charge in [0.2, 0.25) is 0 Å². The summed E-state index contributed by atoms with van der Waals surface area (Å²) in [7, 11) is 0. The van der Waals surface area contributed by atoms with Crippen molar-refractivity contribution in [2.75, 3.05) is 0 Å². The van der Waals surface area contributed by atoms with E-state index in [2.05, 4.69) is 18.1 Å². The summed E-state index contributed by atoms with van der Waals surface area (Å²) in [5.41, 5.74) is 9.35. The molecule has 2 aromatic heterocycles. The largest absolute Gasteiger partial charge is 0.459 e. The highest BCUT2D eigenvalue weighted by Gasteiger charge is 2.15. The normalized spacial score (nSPS) is 12.9. The van der Waals surface area contributed by atoms with Crippen LogP contribution in [0.4, 0.5) is 0 Å². The summed E-state index contributed by atoms with van der Waals surface area (Å²) in [4.78, 5) is 0. The maximum absolute atomic E-state index is 6.29. The van der Waals surface area contributed by atoms with Crippen molar-refractivity contribution in [2.45, 2.75) is 32.9 Å². The van der Waals surface area contributed by atoms with Gasteiger partial charge in [-0.25, -0.2) is 0 Å². The predicted molar refractivity (Wildman–Crippen MR) is 79.5 cm³/mol. The first-order valence-corrected chi connectivity index (χ1v) is 6.94. The molecule has 2 N–H and O–H groups in total. The second-order valence-electron chi connectivity index (χ2n) is 5.09. The smallest absolute Gasteiger partial charge is 0.134 e. The van der Waals surface area contributed by atoms with Crippen LogP contribution in [0.15, 0.2) is 40.8 Å². The fraction of sp³-hybridized carbons (Fsp3) is 0.312. The minimum absolute atomic E-state index is 0.149. The third-order valence-corrected chi connectivity index (χ3v) is 3.52. The maximum Gasteiger partial charge on any atom is 0.134 e. The lowest BCUT2D eigenvalue weighted by Gasteiger charge is -2.09. The molecule has 20 heavy (non-hydrogen) atoms. The molecule has 4 nitrogen and oxygen atoms in total. The first-order chi connectivity index (χ1) is 9.67. The third kappa shape index (κ3) is 2.34. The molecule has 0 spiro atoms. The lowest BCUT2D eigenvalue weighted by atomic mass is 10.1. The maximum atomic E-state index is 6.29. The van der Waals surface area contributed by atoms with Gasteiger partial charge in [-0.05, 0) is 32.0 Å². The molecule has 0 radical (unpaired) electrons. The fourth-order valence-electron chi connectivity index (χ4n) is 2.55.